The van der Waals surface area contributed by atoms with Gasteiger partial charge in [-0.25, -0.2) is 4.79 Å². The summed E-state index contributed by atoms with van der Waals surface area (Å²) in [5.74, 6) is 0.0407. The Labute approximate surface area is 164 Å². The van der Waals surface area contributed by atoms with Crippen molar-refractivity contribution >= 4 is 31.9 Å². The maximum absolute atomic E-state index is 12.4. The number of nitrogens with zero attached hydrogens (tertiary/aromatic N) is 2. The minimum atomic E-state index is -4.00. The van der Waals surface area contributed by atoms with Crippen LogP contribution in [-0.2, 0) is 19.0 Å². The number of ether oxygens (including phenoxy) is 1. The maximum atomic E-state index is 12.4. The summed E-state index contributed by atoms with van der Waals surface area (Å²) in [6.07, 6.45) is -1.25. The van der Waals surface area contributed by atoms with Crippen LogP contribution in [0.15, 0.2) is 44.6 Å². The van der Waals surface area contributed by atoms with Gasteiger partial charge in [0.2, 0.25) is 0 Å². The highest BCUT2D eigenvalue weighted by molar-refractivity contribution is 9.10. The second-order valence-corrected chi connectivity index (χ2v) is 8.54. The van der Waals surface area contributed by atoms with Crippen LogP contribution in [0.25, 0.3) is 0 Å². The SMILES string of the molecule is Cc1ccccc1S(=O)(=O)OC[C@H]1O[C@@H](n2cc(Br)c(N)nc2=O)CC1O. The number of aromatic nitrogens is 2. The average molecular weight is 460 g/mol. The molecule has 27 heavy (non-hydrogen) atoms. The second-order valence-electron chi connectivity index (χ2n) is 6.10. The average Bonchev–Trinajstić information content (AvgIpc) is 2.97. The van der Waals surface area contributed by atoms with E-state index in [4.69, 9.17) is 14.7 Å². The molecule has 1 saturated heterocycles. The van der Waals surface area contributed by atoms with Crippen molar-refractivity contribution < 1.29 is 22.4 Å². The number of benzene rings is 1. The summed E-state index contributed by atoms with van der Waals surface area (Å²) in [6, 6.07) is 6.42. The smallest absolute Gasteiger partial charge is 0.351 e. The van der Waals surface area contributed by atoms with Gasteiger partial charge in [0.15, 0.2) is 0 Å². The zero-order valence-corrected chi connectivity index (χ0v) is 16.7. The number of rotatable bonds is 5. The van der Waals surface area contributed by atoms with E-state index in [1.54, 1.807) is 25.1 Å². The number of aliphatic hydroxyl groups is 1. The van der Waals surface area contributed by atoms with E-state index in [1.165, 1.54) is 16.8 Å². The highest BCUT2D eigenvalue weighted by Gasteiger charge is 2.37. The van der Waals surface area contributed by atoms with E-state index >= 15 is 0 Å². The highest BCUT2D eigenvalue weighted by atomic mass is 79.9. The van der Waals surface area contributed by atoms with E-state index < -0.39 is 34.2 Å². The molecule has 0 aliphatic carbocycles. The number of aryl methyl sites for hydroxylation is 1. The third-order valence-corrected chi connectivity index (χ3v) is 6.25. The third kappa shape index (κ3) is 4.22. The molecule has 2 aromatic rings. The fourth-order valence-corrected chi connectivity index (χ4v) is 4.21. The van der Waals surface area contributed by atoms with Crippen LogP contribution < -0.4 is 11.4 Å². The van der Waals surface area contributed by atoms with Gasteiger partial charge in [-0.15, -0.1) is 0 Å². The quantitative estimate of drug-likeness (QED) is 0.631. The first-order valence-electron chi connectivity index (χ1n) is 8.02. The molecule has 1 aliphatic rings. The minimum absolute atomic E-state index is 0.0407. The van der Waals surface area contributed by atoms with Crippen molar-refractivity contribution in [2.45, 2.75) is 36.7 Å². The lowest BCUT2D eigenvalue weighted by atomic mass is 10.2. The molecule has 1 fully saturated rings. The number of hydrogen-bond donors (Lipinski definition) is 2. The Kier molecular flexibility index (Phi) is 5.68. The van der Waals surface area contributed by atoms with Gasteiger partial charge in [0.05, 0.1) is 22.1 Å². The van der Waals surface area contributed by atoms with Gasteiger partial charge in [0.25, 0.3) is 10.1 Å². The van der Waals surface area contributed by atoms with E-state index in [0.717, 1.165) is 0 Å². The zero-order chi connectivity index (χ0) is 19.8. The van der Waals surface area contributed by atoms with Crippen molar-refractivity contribution in [3.05, 3.63) is 51.0 Å². The molecule has 146 valence electrons. The van der Waals surface area contributed by atoms with Crippen LogP contribution in [0, 0.1) is 6.92 Å². The maximum Gasteiger partial charge on any atom is 0.351 e. The van der Waals surface area contributed by atoms with Gasteiger partial charge < -0.3 is 15.6 Å². The molecule has 3 N–H and O–H groups in total. The van der Waals surface area contributed by atoms with E-state index in [9.17, 15) is 18.3 Å². The summed E-state index contributed by atoms with van der Waals surface area (Å²) >= 11 is 3.18. The molecular weight excluding hydrogens is 442 g/mol. The van der Waals surface area contributed by atoms with Crippen molar-refractivity contribution in [2.24, 2.45) is 0 Å². The Bertz CT molecular complexity index is 1010. The van der Waals surface area contributed by atoms with Crippen LogP contribution in [0.3, 0.4) is 0 Å². The molecular formula is C16H18BrN3O6S. The van der Waals surface area contributed by atoms with Gasteiger partial charge >= 0.3 is 5.69 Å². The Balaban J connectivity index is 1.72. The van der Waals surface area contributed by atoms with Gasteiger partial charge in [-0.3, -0.25) is 8.75 Å². The largest absolute Gasteiger partial charge is 0.390 e. The summed E-state index contributed by atoms with van der Waals surface area (Å²) < 4.78 is 37.0. The lowest BCUT2D eigenvalue weighted by Gasteiger charge is -2.17. The van der Waals surface area contributed by atoms with E-state index in [1.807, 2.05) is 0 Å². The Morgan fingerprint density at radius 2 is 2.15 bits per heavy atom. The molecule has 0 bridgehead atoms. The zero-order valence-electron chi connectivity index (χ0n) is 14.3. The van der Waals surface area contributed by atoms with Gasteiger partial charge in [-0.1, -0.05) is 18.2 Å². The molecule has 0 saturated carbocycles. The molecule has 3 rings (SSSR count). The first kappa shape index (κ1) is 20.0. The number of nitrogens with two attached hydrogens (primary N) is 1. The Morgan fingerprint density at radius 1 is 1.44 bits per heavy atom. The van der Waals surface area contributed by atoms with Gasteiger partial charge in [-0.2, -0.15) is 13.4 Å². The number of halogens is 1. The van der Waals surface area contributed by atoms with Gasteiger partial charge in [0.1, 0.15) is 18.1 Å². The minimum Gasteiger partial charge on any atom is -0.390 e. The molecule has 9 nitrogen and oxygen atoms in total. The molecule has 2 heterocycles. The molecule has 0 radical (unpaired) electrons. The summed E-state index contributed by atoms with van der Waals surface area (Å²) in [7, 11) is -4.00. The third-order valence-electron chi connectivity index (χ3n) is 4.20. The van der Waals surface area contributed by atoms with Crippen molar-refractivity contribution in [1.29, 1.82) is 0 Å². The summed E-state index contributed by atoms with van der Waals surface area (Å²) in [6.45, 7) is 1.28. The molecule has 1 aromatic heterocycles. The fraction of sp³-hybridized carbons (Fsp3) is 0.375. The Morgan fingerprint density at radius 3 is 2.85 bits per heavy atom. The Hall–Kier alpha value is -1.79. The summed E-state index contributed by atoms with van der Waals surface area (Å²) in [4.78, 5) is 15.7. The standard InChI is InChI=1S/C16H18BrN3O6S/c1-9-4-2-3-5-13(9)27(23,24)25-8-12-11(21)6-14(26-12)20-7-10(17)15(18)19-16(20)22/h2-5,7,11-12,14,21H,6,8H2,1H3,(H2,18,19,22)/t11?,12-,14-/m1/s1. The van der Waals surface area contributed by atoms with Crippen molar-refractivity contribution in [3.8, 4) is 0 Å². The van der Waals surface area contributed by atoms with E-state index in [-0.39, 0.29) is 23.7 Å². The van der Waals surface area contributed by atoms with Crippen molar-refractivity contribution in [1.82, 2.24) is 9.55 Å². The van der Waals surface area contributed by atoms with Gasteiger partial charge in [-0.05, 0) is 34.5 Å². The number of aliphatic hydroxyl groups excluding tert-OH is 1. The van der Waals surface area contributed by atoms with Crippen molar-refractivity contribution in [2.75, 3.05) is 12.3 Å². The lowest BCUT2D eigenvalue weighted by Crippen LogP contribution is -2.29. The first-order chi connectivity index (χ1) is 12.7. The van der Waals surface area contributed by atoms with Crippen LogP contribution in [0.2, 0.25) is 0 Å². The molecule has 11 heteroatoms. The first-order valence-corrected chi connectivity index (χ1v) is 10.2. The van der Waals surface area contributed by atoms with Crippen LogP contribution >= 0.6 is 15.9 Å². The summed E-state index contributed by atoms with van der Waals surface area (Å²) in [5, 5.41) is 10.2. The summed E-state index contributed by atoms with van der Waals surface area (Å²) in [5.41, 5.74) is 5.47. The van der Waals surface area contributed by atoms with Gasteiger partial charge in [0, 0.05) is 12.6 Å². The number of anilines is 1. The molecule has 1 aliphatic heterocycles. The lowest BCUT2D eigenvalue weighted by molar-refractivity contribution is -0.0399. The van der Waals surface area contributed by atoms with Crippen LogP contribution in [-0.4, -0.2) is 41.9 Å². The van der Waals surface area contributed by atoms with Crippen LogP contribution in [0.1, 0.15) is 18.2 Å². The van der Waals surface area contributed by atoms with Crippen LogP contribution in [0.4, 0.5) is 5.82 Å². The molecule has 1 unspecified atom stereocenters. The van der Waals surface area contributed by atoms with E-state index in [2.05, 4.69) is 20.9 Å². The molecule has 1 aromatic carbocycles. The molecule has 0 spiro atoms. The monoisotopic (exact) mass is 459 g/mol. The highest BCUT2D eigenvalue weighted by Crippen LogP contribution is 2.30. The topological polar surface area (TPSA) is 134 Å². The molecule has 3 atom stereocenters. The van der Waals surface area contributed by atoms with E-state index in [0.29, 0.717) is 10.0 Å². The normalized spacial score (nSPS) is 22.9. The van der Waals surface area contributed by atoms with Crippen LogP contribution in [0.5, 0.6) is 0 Å². The fourth-order valence-electron chi connectivity index (χ4n) is 2.76. The predicted octanol–water partition coefficient (Wildman–Crippen LogP) is 0.950. The number of hydrogen-bond acceptors (Lipinski definition) is 8. The number of nitrogen functional groups attached to an aromatic ring is 1. The second kappa shape index (κ2) is 7.68. The molecule has 0 amide bonds. The predicted molar refractivity (Wildman–Crippen MR) is 99.5 cm³/mol. The van der Waals surface area contributed by atoms with Crippen molar-refractivity contribution in [3.63, 3.8) is 0 Å².